The largest absolute Gasteiger partial charge is 2.00 e. The zero-order valence-electron chi connectivity index (χ0n) is 16.9. The van der Waals surface area contributed by atoms with Gasteiger partial charge in [-0.05, 0) is 74.5 Å². The summed E-state index contributed by atoms with van der Waals surface area (Å²) in [6.07, 6.45) is 19.3. The maximum Gasteiger partial charge on any atom is 2.00 e. The predicted molar refractivity (Wildman–Crippen MR) is 131 cm³/mol. The SMILES string of the molecule is N#CC1(C#N)[C@@H]([C]2[CH][CH][CH][CH]2)C=C2SC(=C3SC=CS3)S[C@H]2C1(C#N)C#N.[CH]1[CH][CH][CH][CH]1.[Fe+2]. The minimum Gasteiger partial charge on any atom is -0.196 e. The zero-order valence-corrected chi connectivity index (χ0v) is 21.2. The normalized spacial score (nSPS) is 28.8. The van der Waals surface area contributed by atoms with Crippen LogP contribution in [-0.2, 0) is 17.1 Å². The van der Waals surface area contributed by atoms with E-state index in [4.69, 9.17) is 0 Å². The molecule has 9 heteroatoms. The van der Waals surface area contributed by atoms with Crippen molar-refractivity contribution < 1.29 is 17.1 Å². The smallest absolute Gasteiger partial charge is 0.196 e. The second-order valence-corrected chi connectivity index (χ2v) is 11.5. The van der Waals surface area contributed by atoms with Crippen LogP contribution in [0, 0.1) is 126 Å². The van der Waals surface area contributed by atoms with Crippen LogP contribution in [0.3, 0.4) is 0 Å². The molecule has 2 heterocycles. The Labute approximate surface area is 224 Å². The minimum absolute atomic E-state index is 0. The van der Waals surface area contributed by atoms with Gasteiger partial charge in [0.05, 0.1) is 38.0 Å². The molecule has 0 N–H and O–H groups in total. The maximum atomic E-state index is 10.1. The quantitative estimate of drug-likeness (QED) is 0.377. The summed E-state index contributed by atoms with van der Waals surface area (Å²) in [5.41, 5.74) is -3.54. The van der Waals surface area contributed by atoms with E-state index < -0.39 is 22.0 Å². The fraction of sp³-hybridized carbons (Fsp3) is 0.167. The maximum absolute atomic E-state index is 10.1. The Kier molecular flexibility index (Phi) is 9.46. The van der Waals surface area contributed by atoms with E-state index in [-0.39, 0.29) is 17.1 Å². The summed E-state index contributed by atoms with van der Waals surface area (Å²) in [5.74, 6) is 0.143. The fourth-order valence-electron chi connectivity index (χ4n) is 3.83. The molecule has 2 saturated carbocycles. The van der Waals surface area contributed by atoms with Gasteiger partial charge in [0.15, 0.2) is 10.8 Å². The molecule has 10 radical (unpaired) electrons. The number of allylic oxidation sites excluding steroid dienone is 1. The van der Waals surface area contributed by atoms with Crippen LogP contribution >= 0.6 is 47.0 Å². The topological polar surface area (TPSA) is 95.2 Å². The number of hydrogen-bond donors (Lipinski definition) is 0. The summed E-state index contributed by atoms with van der Waals surface area (Å²) in [5, 5.41) is 43.7. The van der Waals surface area contributed by atoms with Crippen LogP contribution in [0.25, 0.3) is 0 Å². The average Bonchev–Trinajstić information content (AvgIpc) is 3.65. The van der Waals surface area contributed by atoms with Gasteiger partial charge in [0.1, 0.15) is 0 Å². The van der Waals surface area contributed by atoms with Gasteiger partial charge in [-0.2, -0.15) is 21.0 Å². The van der Waals surface area contributed by atoms with Crippen molar-refractivity contribution >= 4 is 47.0 Å². The molecular formula is C24H14FeN4S4+2. The van der Waals surface area contributed by atoms with E-state index in [1.54, 1.807) is 35.3 Å². The van der Waals surface area contributed by atoms with E-state index in [1.807, 2.05) is 74.7 Å². The Morgan fingerprint density at radius 1 is 0.697 bits per heavy atom. The third-order valence-corrected chi connectivity index (χ3v) is 11.0. The zero-order chi connectivity index (χ0) is 22.6. The first-order valence-corrected chi connectivity index (χ1v) is 12.9. The van der Waals surface area contributed by atoms with Crippen molar-refractivity contribution in [2.45, 2.75) is 5.25 Å². The fourth-order valence-corrected chi connectivity index (χ4v) is 9.20. The summed E-state index contributed by atoms with van der Waals surface area (Å²) in [4.78, 5) is 0.881. The van der Waals surface area contributed by atoms with Gasteiger partial charge in [-0.3, -0.25) is 0 Å². The van der Waals surface area contributed by atoms with Crippen molar-refractivity contribution in [2.75, 3.05) is 0 Å². The standard InChI is InChI=1S/C19H9N4S4.C5H5.Fe/c20-8-18(9-21)13(12-3-1-2-4-12)7-14-15(19(18,10-22)11-23)27-17(26-14)16-24-5-6-25-16;1-2-4-5-3-1;/h1-7,13,15H;1-5H;/q;;+2/t13-,15-;;/m1../s1. The third kappa shape index (κ3) is 4.67. The molecule has 3 aliphatic carbocycles. The van der Waals surface area contributed by atoms with Gasteiger partial charge in [-0.25, -0.2) is 0 Å². The molecular weight excluding hydrogens is 528 g/mol. The molecule has 0 amide bonds. The van der Waals surface area contributed by atoms with Crippen LogP contribution in [0.2, 0.25) is 0 Å². The Hall–Kier alpha value is -0.901. The molecule has 2 aliphatic heterocycles. The van der Waals surface area contributed by atoms with Gasteiger partial charge < -0.3 is 0 Å². The summed E-state index contributed by atoms with van der Waals surface area (Å²) in [6.45, 7) is 0. The van der Waals surface area contributed by atoms with Crippen LogP contribution in [0.4, 0.5) is 0 Å². The third-order valence-electron chi connectivity index (χ3n) is 5.39. The van der Waals surface area contributed by atoms with Crippen LogP contribution < -0.4 is 0 Å². The van der Waals surface area contributed by atoms with Crippen molar-refractivity contribution in [3.63, 3.8) is 0 Å². The minimum atomic E-state index is -1.78. The molecule has 3 fully saturated rings. The second-order valence-electron chi connectivity index (χ2n) is 6.97. The van der Waals surface area contributed by atoms with E-state index in [1.165, 1.54) is 11.8 Å². The summed E-state index contributed by atoms with van der Waals surface area (Å²) in [7, 11) is 0. The molecule has 5 aliphatic rings. The van der Waals surface area contributed by atoms with Crippen molar-refractivity contribution in [2.24, 2.45) is 16.7 Å². The molecule has 0 aromatic carbocycles. The molecule has 5 rings (SSSR count). The van der Waals surface area contributed by atoms with Gasteiger partial charge in [0.2, 0.25) is 0 Å². The Bertz CT molecular complexity index is 967. The molecule has 4 nitrogen and oxygen atoms in total. The van der Waals surface area contributed by atoms with Gasteiger partial charge in [-0.1, -0.05) is 41.4 Å². The van der Waals surface area contributed by atoms with Crippen molar-refractivity contribution in [3.8, 4) is 24.3 Å². The Morgan fingerprint density at radius 2 is 1.21 bits per heavy atom. The Balaban J connectivity index is 0.000000453. The predicted octanol–water partition coefficient (Wildman–Crippen LogP) is 5.92. The molecule has 0 spiro atoms. The van der Waals surface area contributed by atoms with Crippen LogP contribution in [-0.4, -0.2) is 5.25 Å². The number of nitrogens with zero attached hydrogens (tertiary/aromatic N) is 4. The van der Waals surface area contributed by atoms with E-state index >= 15 is 0 Å². The van der Waals surface area contributed by atoms with Crippen molar-refractivity contribution in [1.82, 2.24) is 0 Å². The first-order chi connectivity index (χ1) is 15.7. The molecule has 33 heavy (non-hydrogen) atoms. The van der Waals surface area contributed by atoms with Gasteiger partial charge >= 0.3 is 17.1 Å². The number of rotatable bonds is 1. The van der Waals surface area contributed by atoms with Crippen molar-refractivity contribution in [1.29, 1.82) is 21.0 Å². The summed E-state index contributed by atoms with van der Waals surface area (Å²) in [6, 6.07) is 8.37. The molecule has 160 valence electrons. The van der Waals surface area contributed by atoms with Crippen molar-refractivity contribution in [3.05, 3.63) is 94.0 Å². The van der Waals surface area contributed by atoms with E-state index in [9.17, 15) is 21.0 Å². The monoisotopic (exact) mass is 542 g/mol. The van der Waals surface area contributed by atoms with E-state index in [0.717, 1.165) is 19.3 Å². The number of fused-ring (bicyclic) bond motifs is 1. The number of thioether (sulfide) groups is 4. The van der Waals surface area contributed by atoms with Crippen LogP contribution in [0.5, 0.6) is 0 Å². The van der Waals surface area contributed by atoms with Gasteiger partial charge in [0.25, 0.3) is 0 Å². The number of hydrogen-bond acceptors (Lipinski definition) is 8. The first kappa shape index (κ1) is 26.7. The van der Waals surface area contributed by atoms with Gasteiger partial charge in [0, 0.05) is 10.8 Å². The average molecular weight is 543 g/mol. The summed E-state index contributed by atoms with van der Waals surface area (Å²) >= 11 is 6.19. The molecule has 0 unspecified atom stereocenters. The second kappa shape index (κ2) is 11.7. The van der Waals surface area contributed by atoms with E-state index in [0.29, 0.717) is 0 Å². The van der Waals surface area contributed by atoms with Crippen LogP contribution in [0.15, 0.2) is 30.3 Å². The first-order valence-electron chi connectivity index (χ1n) is 9.48. The molecule has 0 aromatic rings. The molecule has 2 atom stereocenters. The van der Waals surface area contributed by atoms with E-state index in [2.05, 4.69) is 24.3 Å². The Morgan fingerprint density at radius 3 is 1.70 bits per heavy atom. The van der Waals surface area contributed by atoms with Crippen LogP contribution in [0.1, 0.15) is 0 Å². The molecule has 0 aromatic heterocycles. The molecule has 1 saturated heterocycles. The van der Waals surface area contributed by atoms with Gasteiger partial charge in [-0.15, -0.1) is 11.8 Å². The molecule has 0 bridgehead atoms. The summed E-state index contributed by atoms with van der Waals surface area (Å²) < 4.78 is 2.13. The number of nitriles is 4.